The first-order valence-electron chi connectivity index (χ1n) is 8.81. The third-order valence-corrected chi connectivity index (χ3v) is 4.97. The number of aromatic hydroxyl groups is 1. The van der Waals surface area contributed by atoms with Crippen LogP contribution in [0.15, 0.2) is 80.6 Å². The quantitative estimate of drug-likeness (QED) is 0.590. The molecule has 28 heavy (non-hydrogen) atoms. The van der Waals surface area contributed by atoms with Crippen molar-refractivity contribution in [2.24, 2.45) is 0 Å². The van der Waals surface area contributed by atoms with Crippen LogP contribution in [0.3, 0.4) is 0 Å². The van der Waals surface area contributed by atoms with Crippen LogP contribution in [0.4, 0.5) is 0 Å². The number of furan rings is 1. The van der Waals surface area contributed by atoms with Crippen molar-refractivity contribution in [2.75, 3.05) is 0 Å². The first-order chi connectivity index (χ1) is 13.6. The molecular formula is C22H15NO5. The normalized spacial score (nSPS) is 15.9. The third-order valence-electron chi connectivity index (χ3n) is 4.97. The first-order valence-corrected chi connectivity index (χ1v) is 8.81. The number of amides is 1. The lowest BCUT2D eigenvalue weighted by molar-refractivity contribution is 0.0701. The summed E-state index contributed by atoms with van der Waals surface area (Å²) in [4.78, 5) is 28.0. The molecule has 6 nitrogen and oxygen atoms in total. The van der Waals surface area contributed by atoms with Crippen molar-refractivity contribution >= 4 is 16.9 Å². The Morgan fingerprint density at radius 1 is 1.00 bits per heavy atom. The van der Waals surface area contributed by atoms with E-state index in [-0.39, 0.29) is 35.0 Å². The number of phenolic OH excluding ortho intramolecular Hbond substituents is 1. The van der Waals surface area contributed by atoms with E-state index in [0.717, 1.165) is 0 Å². The van der Waals surface area contributed by atoms with Crippen LogP contribution in [-0.2, 0) is 6.54 Å². The molecule has 0 unspecified atom stereocenters. The van der Waals surface area contributed by atoms with Crippen molar-refractivity contribution in [2.45, 2.75) is 12.6 Å². The highest BCUT2D eigenvalue weighted by Crippen LogP contribution is 2.39. The van der Waals surface area contributed by atoms with Crippen LogP contribution in [0.25, 0.3) is 11.0 Å². The second kappa shape index (κ2) is 6.13. The fourth-order valence-corrected chi connectivity index (χ4v) is 3.74. The molecule has 0 aliphatic carbocycles. The molecule has 1 N–H and O–H groups in total. The zero-order valence-electron chi connectivity index (χ0n) is 14.7. The monoisotopic (exact) mass is 373 g/mol. The smallest absolute Gasteiger partial charge is 0.291 e. The maximum atomic E-state index is 13.3. The number of hydrogen-bond acceptors (Lipinski definition) is 5. The SMILES string of the molecule is O=C1c2oc3ccccc3c(=O)c2[C@@H](c2cccc(O)c2)N1Cc1ccco1. The van der Waals surface area contributed by atoms with Gasteiger partial charge >= 0.3 is 0 Å². The minimum atomic E-state index is -0.680. The van der Waals surface area contributed by atoms with Gasteiger partial charge in [-0.25, -0.2) is 0 Å². The molecule has 0 bridgehead atoms. The van der Waals surface area contributed by atoms with E-state index < -0.39 is 6.04 Å². The standard InChI is InChI=1S/C22H15NO5/c24-14-6-3-5-13(11-14)19-18-20(25)16-8-1-2-9-17(16)28-21(18)22(26)23(19)12-15-7-4-10-27-15/h1-11,19,24H,12H2/t19-/m1/s1. The zero-order valence-corrected chi connectivity index (χ0v) is 14.7. The number of benzene rings is 2. The number of phenols is 1. The van der Waals surface area contributed by atoms with Crippen molar-refractivity contribution in [3.8, 4) is 5.75 Å². The lowest BCUT2D eigenvalue weighted by Crippen LogP contribution is -2.29. The summed E-state index contributed by atoms with van der Waals surface area (Å²) in [5, 5.41) is 10.4. The van der Waals surface area contributed by atoms with Crippen LogP contribution in [0, 0.1) is 0 Å². The molecule has 1 amide bonds. The molecule has 4 aromatic rings. The molecule has 2 aromatic heterocycles. The zero-order chi connectivity index (χ0) is 19.3. The molecule has 0 saturated heterocycles. The molecule has 1 atom stereocenters. The summed E-state index contributed by atoms with van der Waals surface area (Å²) >= 11 is 0. The van der Waals surface area contributed by atoms with Gasteiger partial charge in [0.25, 0.3) is 5.91 Å². The van der Waals surface area contributed by atoms with Crippen molar-refractivity contribution in [3.63, 3.8) is 0 Å². The molecule has 1 aliphatic rings. The lowest BCUT2D eigenvalue weighted by Gasteiger charge is -2.24. The molecular weight excluding hydrogens is 358 g/mol. The van der Waals surface area contributed by atoms with Crippen LogP contribution in [0.5, 0.6) is 5.75 Å². The van der Waals surface area contributed by atoms with Crippen LogP contribution >= 0.6 is 0 Å². The maximum Gasteiger partial charge on any atom is 0.291 e. The summed E-state index contributed by atoms with van der Waals surface area (Å²) in [6.07, 6.45) is 1.53. The maximum absolute atomic E-state index is 13.3. The molecule has 0 spiro atoms. The van der Waals surface area contributed by atoms with E-state index >= 15 is 0 Å². The van der Waals surface area contributed by atoms with Gasteiger partial charge in [-0.1, -0.05) is 24.3 Å². The van der Waals surface area contributed by atoms with Gasteiger partial charge in [-0.15, -0.1) is 0 Å². The van der Waals surface area contributed by atoms with Crippen molar-refractivity contribution in [1.82, 2.24) is 4.90 Å². The van der Waals surface area contributed by atoms with Gasteiger partial charge < -0.3 is 18.8 Å². The highest BCUT2D eigenvalue weighted by atomic mass is 16.4. The van der Waals surface area contributed by atoms with E-state index in [0.29, 0.717) is 22.3 Å². The fraction of sp³-hybridized carbons (Fsp3) is 0.0909. The number of para-hydroxylation sites is 1. The second-order valence-corrected chi connectivity index (χ2v) is 6.68. The highest BCUT2D eigenvalue weighted by molar-refractivity contribution is 5.99. The molecule has 6 heteroatoms. The summed E-state index contributed by atoms with van der Waals surface area (Å²) < 4.78 is 11.3. The summed E-state index contributed by atoms with van der Waals surface area (Å²) in [6, 6.07) is 16.2. The third kappa shape index (κ3) is 2.42. The van der Waals surface area contributed by atoms with E-state index in [4.69, 9.17) is 8.83 Å². The molecule has 2 aromatic carbocycles. The van der Waals surface area contributed by atoms with Crippen molar-refractivity contribution < 1.29 is 18.7 Å². The van der Waals surface area contributed by atoms with Gasteiger partial charge in [0.15, 0.2) is 5.43 Å². The Hall–Kier alpha value is -3.80. The van der Waals surface area contributed by atoms with Crippen molar-refractivity contribution in [1.29, 1.82) is 0 Å². The van der Waals surface area contributed by atoms with Gasteiger partial charge in [0.1, 0.15) is 17.1 Å². The Labute approximate surface area is 159 Å². The largest absolute Gasteiger partial charge is 0.508 e. The van der Waals surface area contributed by atoms with Crippen LogP contribution in [-0.4, -0.2) is 15.9 Å². The van der Waals surface area contributed by atoms with E-state index in [1.807, 2.05) is 0 Å². The molecule has 0 radical (unpaired) electrons. The van der Waals surface area contributed by atoms with Gasteiger partial charge in [0.2, 0.25) is 5.76 Å². The second-order valence-electron chi connectivity index (χ2n) is 6.68. The van der Waals surface area contributed by atoms with Gasteiger partial charge in [0, 0.05) is 0 Å². The fourth-order valence-electron chi connectivity index (χ4n) is 3.74. The predicted molar refractivity (Wildman–Crippen MR) is 101 cm³/mol. The van der Waals surface area contributed by atoms with Gasteiger partial charge in [0.05, 0.1) is 29.8 Å². The average molecular weight is 373 g/mol. The number of nitrogens with zero attached hydrogens (tertiary/aromatic N) is 1. The minimum absolute atomic E-state index is 0.0311. The van der Waals surface area contributed by atoms with E-state index in [1.54, 1.807) is 60.7 Å². The molecule has 3 heterocycles. The van der Waals surface area contributed by atoms with E-state index in [2.05, 4.69) is 0 Å². The van der Waals surface area contributed by atoms with Gasteiger partial charge in [-0.2, -0.15) is 0 Å². The summed E-state index contributed by atoms with van der Waals surface area (Å²) in [6.45, 7) is 0.173. The molecule has 0 saturated carbocycles. The summed E-state index contributed by atoms with van der Waals surface area (Å²) in [7, 11) is 0. The van der Waals surface area contributed by atoms with Crippen molar-refractivity contribution in [3.05, 3.63) is 99.8 Å². The van der Waals surface area contributed by atoms with Crippen LogP contribution in [0.1, 0.15) is 33.5 Å². The number of rotatable bonds is 3. The van der Waals surface area contributed by atoms with Gasteiger partial charge in [-0.05, 0) is 42.0 Å². The Morgan fingerprint density at radius 3 is 2.64 bits per heavy atom. The number of hydrogen-bond donors (Lipinski definition) is 1. The molecule has 138 valence electrons. The molecule has 1 aliphatic heterocycles. The number of carbonyl (C=O) groups excluding carboxylic acids is 1. The predicted octanol–water partition coefficient (Wildman–Crippen LogP) is 3.84. The van der Waals surface area contributed by atoms with E-state index in [1.165, 1.54) is 11.2 Å². The Balaban J connectivity index is 1.76. The molecule has 0 fully saturated rings. The highest BCUT2D eigenvalue weighted by Gasteiger charge is 2.43. The Morgan fingerprint density at radius 2 is 1.86 bits per heavy atom. The topological polar surface area (TPSA) is 83.9 Å². The van der Waals surface area contributed by atoms with Gasteiger partial charge in [-0.3, -0.25) is 9.59 Å². The number of fused-ring (bicyclic) bond motifs is 2. The first kappa shape index (κ1) is 16.4. The summed E-state index contributed by atoms with van der Waals surface area (Å²) in [5.41, 5.74) is 1.02. The average Bonchev–Trinajstić information content (AvgIpc) is 3.30. The lowest BCUT2D eigenvalue weighted by atomic mass is 9.98. The van der Waals surface area contributed by atoms with Crippen LogP contribution in [0.2, 0.25) is 0 Å². The van der Waals surface area contributed by atoms with Crippen LogP contribution < -0.4 is 5.43 Å². The Kier molecular flexibility index (Phi) is 3.58. The summed E-state index contributed by atoms with van der Waals surface area (Å²) in [5.74, 6) is 0.288. The Bertz CT molecular complexity index is 1260. The number of carbonyl (C=O) groups is 1. The van der Waals surface area contributed by atoms with E-state index in [9.17, 15) is 14.7 Å². The minimum Gasteiger partial charge on any atom is -0.508 e. The molecule has 5 rings (SSSR count).